The molecule has 0 amide bonds. The minimum atomic E-state index is -1.000. The molecule has 17 heavy (non-hydrogen) atoms. The van der Waals surface area contributed by atoms with E-state index in [0.29, 0.717) is 5.69 Å². The first-order chi connectivity index (χ1) is 7.80. The third-order valence-corrected chi connectivity index (χ3v) is 2.99. The van der Waals surface area contributed by atoms with Crippen LogP contribution >= 0.6 is 0 Å². The molecule has 0 aliphatic carbocycles. The summed E-state index contributed by atoms with van der Waals surface area (Å²) in [6, 6.07) is 4.02. The van der Waals surface area contributed by atoms with E-state index in [0.717, 1.165) is 11.3 Å². The number of rotatable bonds is 1. The van der Waals surface area contributed by atoms with Crippen LogP contribution in [0.1, 0.15) is 44.0 Å². The average molecular weight is 233 g/mol. The molecular weight excluding hydrogens is 214 g/mol. The summed E-state index contributed by atoms with van der Waals surface area (Å²) in [7, 11) is 0. The summed E-state index contributed by atoms with van der Waals surface area (Å²) < 4.78 is 1.88. The number of nitrogens with two attached hydrogens (primary N) is 1. The molecule has 2 aromatic rings. The smallest absolute Gasteiger partial charge is 0.145 e. The van der Waals surface area contributed by atoms with Crippen molar-refractivity contribution >= 4 is 5.65 Å². The van der Waals surface area contributed by atoms with E-state index in [2.05, 4.69) is 31.8 Å². The molecule has 4 heteroatoms. The molecule has 4 nitrogen and oxygen atoms in total. The standard InChI is InChI=1S/C13H19N3O/c1-8-11(12(14)17)16-7-9(13(2,3)4)5-6-10(16)15-8/h5-7,12,17H,14H2,1-4H3. The zero-order valence-electron chi connectivity index (χ0n) is 10.7. The number of aliphatic hydroxyl groups is 1. The van der Waals surface area contributed by atoms with E-state index < -0.39 is 6.23 Å². The van der Waals surface area contributed by atoms with Crippen molar-refractivity contribution in [3.63, 3.8) is 0 Å². The van der Waals surface area contributed by atoms with Crippen LogP contribution in [0, 0.1) is 6.92 Å². The van der Waals surface area contributed by atoms with Crippen LogP contribution in [-0.2, 0) is 5.41 Å². The van der Waals surface area contributed by atoms with Gasteiger partial charge in [0.1, 0.15) is 11.9 Å². The number of nitrogens with zero attached hydrogens (tertiary/aromatic N) is 2. The van der Waals surface area contributed by atoms with Gasteiger partial charge in [0.15, 0.2) is 0 Å². The minimum absolute atomic E-state index is 0.0587. The molecule has 0 fully saturated rings. The van der Waals surface area contributed by atoms with E-state index in [1.54, 1.807) is 0 Å². The molecule has 1 atom stereocenters. The van der Waals surface area contributed by atoms with Crippen molar-refractivity contribution in [2.24, 2.45) is 5.73 Å². The molecule has 0 saturated carbocycles. The van der Waals surface area contributed by atoms with Crippen LogP contribution in [0.25, 0.3) is 5.65 Å². The average Bonchev–Trinajstić information content (AvgIpc) is 2.50. The van der Waals surface area contributed by atoms with E-state index in [9.17, 15) is 5.11 Å². The zero-order chi connectivity index (χ0) is 12.8. The molecule has 0 spiro atoms. The predicted octanol–water partition coefficient (Wildman–Crippen LogP) is 1.89. The number of fused-ring (bicyclic) bond motifs is 1. The Morgan fingerprint density at radius 2 is 2.00 bits per heavy atom. The Kier molecular flexibility index (Phi) is 2.72. The maximum Gasteiger partial charge on any atom is 0.145 e. The van der Waals surface area contributed by atoms with Crippen LogP contribution < -0.4 is 5.73 Å². The van der Waals surface area contributed by atoms with E-state index in [-0.39, 0.29) is 5.41 Å². The Morgan fingerprint density at radius 3 is 2.53 bits per heavy atom. The number of pyridine rings is 1. The van der Waals surface area contributed by atoms with Gasteiger partial charge in [0.25, 0.3) is 0 Å². The number of hydrogen-bond donors (Lipinski definition) is 2. The van der Waals surface area contributed by atoms with E-state index >= 15 is 0 Å². The number of aryl methyl sites for hydroxylation is 1. The second-order valence-corrected chi connectivity index (χ2v) is 5.42. The Hall–Kier alpha value is -1.39. The number of aromatic nitrogens is 2. The highest BCUT2D eigenvalue weighted by molar-refractivity contribution is 5.45. The van der Waals surface area contributed by atoms with Crippen molar-refractivity contribution < 1.29 is 5.11 Å². The van der Waals surface area contributed by atoms with Gasteiger partial charge in [-0.15, -0.1) is 0 Å². The molecule has 1 unspecified atom stereocenters. The lowest BCUT2D eigenvalue weighted by Crippen LogP contribution is -2.15. The monoisotopic (exact) mass is 233 g/mol. The van der Waals surface area contributed by atoms with Crippen LogP contribution in [0.2, 0.25) is 0 Å². The van der Waals surface area contributed by atoms with E-state index in [1.165, 1.54) is 5.56 Å². The molecule has 0 radical (unpaired) electrons. The maximum atomic E-state index is 9.60. The van der Waals surface area contributed by atoms with Gasteiger partial charge in [0.05, 0.1) is 11.4 Å². The first-order valence-corrected chi connectivity index (χ1v) is 5.73. The normalized spacial score (nSPS) is 14.2. The molecule has 0 bridgehead atoms. The summed E-state index contributed by atoms with van der Waals surface area (Å²) in [5.74, 6) is 0. The summed E-state index contributed by atoms with van der Waals surface area (Å²) >= 11 is 0. The molecule has 2 heterocycles. The maximum absolute atomic E-state index is 9.60. The number of hydrogen-bond acceptors (Lipinski definition) is 3. The van der Waals surface area contributed by atoms with Gasteiger partial charge in [-0.2, -0.15) is 0 Å². The molecule has 3 N–H and O–H groups in total. The van der Waals surface area contributed by atoms with Crippen molar-refractivity contribution in [1.29, 1.82) is 0 Å². The third-order valence-electron chi connectivity index (χ3n) is 2.99. The van der Waals surface area contributed by atoms with Gasteiger partial charge in [0, 0.05) is 6.20 Å². The number of aliphatic hydroxyl groups excluding tert-OH is 1. The molecule has 0 saturated heterocycles. The summed E-state index contributed by atoms with van der Waals surface area (Å²) in [4.78, 5) is 4.38. The van der Waals surface area contributed by atoms with Gasteiger partial charge < -0.3 is 10.8 Å². The Bertz CT molecular complexity index is 550. The van der Waals surface area contributed by atoms with Crippen molar-refractivity contribution in [3.05, 3.63) is 35.3 Å². The fourth-order valence-corrected chi connectivity index (χ4v) is 1.98. The largest absolute Gasteiger partial charge is 0.373 e. The van der Waals surface area contributed by atoms with E-state index in [1.807, 2.05) is 23.6 Å². The fraction of sp³-hybridized carbons (Fsp3) is 0.462. The van der Waals surface area contributed by atoms with Gasteiger partial charge >= 0.3 is 0 Å². The summed E-state index contributed by atoms with van der Waals surface area (Å²) in [5, 5.41) is 9.60. The van der Waals surface area contributed by atoms with Gasteiger partial charge in [0.2, 0.25) is 0 Å². The third kappa shape index (κ3) is 2.06. The lowest BCUT2D eigenvalue weighted by atomic mass is 9.88. The van der Waals surface area contributed by atoms with Crippen LogP contribution in [-0.4, -0.2) is 14.5 Å². The van der Waals surface area contributed by atoms with Gasteiger partial charge in [-0.3, -0.25) is 4.40 Å². The van der Waals surface area contributed by atoms with Crippen LogP contribution in [0.4, 0.5) is 0 Å². The molecule has 0 aromatic carbocycles. The fourth-order valence-electron chi connectivity index (χ4n) is 1.98. The quantitative estimate of drug-likeness (QED) is 0.739. The first kappa shape index (κ1) is 12.1. The van der Waals surface area contributed by atoms with Crippen LogP contribution in [0.15, 0.2) is 18.3 Å². The van der Waals surface area contributed by atoms with Gasteiger partial charge in [-0.05, 0) is 24.0 Å². The van der Waals surface area contributed by atoms with Gasteiger partial charge in [-0.1, -0.05) is 26.8 Å². The molecular formula is C13H19N3O. The molecule has 2 aromatic heterocycles. The van der Waals surface area contributed by atoms with Crippen LogP contribution in [0.3, 0.4) is 0 Å². The van der Waals surface area contributed by atoms with Crippen LogP contribution in [0.5, 0.6) is 0 Å². The Balaban J connectivity index is 2.71. The second-order valence-electron chi connectivity index (χ2n) is 5.42. The van der Waals surface area contributed by atoms with Crippen molar-refractivity contribution in [1.82, 2.24) is 9.38 Å². The van der Waals surface area contributed by atoms with Crippen molar-refractivity contribution in [2.45, 2.75) is 39.3 Å². The second kappa shape index (κ2) is 3.82. The lowest BCUT2D eigenvalue weighted by Gasteiger charge is -2.19. The Morgan fingerprint density at radius 1 is 1.35 bits per heavy atom. The molecule has 92 valence electrons. The number of imidazole rings is 1. The SMILES string of the molecule is Cc1nc2ccc(C(C)(C)C)cn2c1C(N)O. The summed E-state index contributed by atoms with van der Waals surface area (Å²) in [6.07, 6.45) is 1.00. The molecule has 0 aliphatic heterocycles. The zero-order valence-corrected chi connectivity index (χ0v) is 10.7. The van der Waals surface area contributed by atoms with Gasteiger partial charge in [-0.25, -0.2) is 4.98 Å². The highest BCUT2D eigenvalue weighted by Gasteiger charge is 2.18. The Labute approximate surface area is 101 Å². The summed E-state index contributed by atoms with van der Waals surface area (Å²) in [6.45, 7) is 8.30. The predicted molar refractivity (Wildman–Crippen MR) is 67.8 cm³/mol. The highest BCUT2D eigenvalue weighted by Crippen LogP contribution is 2.24. The first-order valence-electron chi connectivity index (χ1n) is 5.73. The highest BCUT2D eigenvalue weighted by atomic mass is 16.3. The van der Waals surface area contributed by atoms with Crippen molar-refractivity contribution in [3.8, 4) is 0 Å². The summed E-state index contributed by atoms with van der Waals surface area (Å²) in [5.41, 5.74) is 9.06. The van der Waals surface area contributed by atoms with E-state index in [4.69, 9.17) is 5.73 Å². The van der Waals surface area contributed by atoms with Crippen molar-refractivity contribution in [2.75, 3.05) is 0 Å². The topological polar surface area (TPSA) is 63.5 Å². The molecule has 0 aliphatic rings. The minimum Gasteiger partial charge on any atom is -0.373 e. The lowest BCUT2D eigenvalue weighted by molar-refractivity contribution is 0.179. The molecule has 2 rings (SSSR count).